The van der Waals surface area contributed by atoms with Gasteiger partial charge in [0.2, 0.25) is 12.7 Å². The number of imide groups is 1. The molecule has 4 rings (SSSR count). The summed E-state index contributed by atoms with van der Waals surface area (Å²) >= 11 is 0. The van der Waals surface area contributed by atoms with Gasteiger partial charge >= 0.3 is 6.03 Å². The fourth-order valence-corrected chi connectivity index (χ4v) is 4.05. The van der Waals surface area contributed by atoms with Crippen LogP contribution in [0.2, 0.25) is 0 Å². The van der Waals surface area contributed by atoms with Crippen molar-refractivity contribution < 1.29 is 23.8 Å². The number of fused-ring (bicyclic) bond motifs is 1. The van der Waals surface area contributed by atoms with Crippen LogP contribution >= 0.6 is 0 Å². The maximum atomic E-state index is 12.6. The zero-order valence-electron chi connectivity index (χ0n) is 17.6. The van der Waals surface area contributed by atoms with Gasteiger partial charge in [-0.05, 0) is 49.2 Å². The van der Waals surface area contributed by atoms with E-state index in [4.69, 9.17) is 14.2 Å². The van der Waals surface area contributed by atoms with E-state index >= 15 is 0 Å². The second-order valence-corrected chi connectivity index (χ2v) is 7.68. The van der Waals surface area contributed by atoms with Crippen molar-refractivity contribution in [1.82, 2.24) is 10.2 Å². The lowest BCUT2D eigenvalue weighted by Gasteiger charge is -2.29. The van der Waals surface area contributed by atoms with E-state index in [1.54, 1.807) is 25.3 Å². The number of anilines is 1. The molecule has 31 heavy (non-hydrogen) atoms. The van der Waals surface area contributed by atoms with Crippen LogP contribution in [-0.2, 0) is 4.79 Å². The van der Waals surface area contributed by atoms with Crippen LogP contribution in [-0.4, -0.2) is 43.8 Å². The van der Waals surface area contributed by atoms with Gasteiger partial charge in [0, 0.05) is 17.8 Å². The molecule has 0 aromatic heterocycles. The molecule has 0 saturated carbocycles. The third kappa shape index (κ3) is 5.27. The van der Waals surface area contributed by atoms with Gasteiger partial charge in [0.1, 0.15) is 5.75 Å². The number of likely N-dealkylation sites (tertiary alicyclic amines) is 1. The Kier molecular flexibility index (Phi) is 6.57. The van der Waals surface area contributed by atoms with E-state index in [9.17, 15) is 9.59 Å². The Bertz CT molecular complexity index is 931. The Morgan fingerprint density at radius 1 is 1.06 bits per heavy atom. The molecular weight excluding hydrogens is 398 g/mol. The van der Waals surface area contributed by atoms with Crippen molar-refractivity contribution in [3.05, 3.63) is 48.0 Å². The highest BCUT2D eigenvalue weighted by molar-refractivity contribution is 6.01. The van der Waals surface area contributed by atoms with Gasteiger partial charge in [0.05, 0.1) is 13.7 Å². The molecule has 2 heterocycles. The average molecular weight is 425 g/mol. The molecule has 0 bridgehead atoms. The average Bonchev–Trinajstić information content (AvgIpc) is 3.11. The number of nitrogens with zero attached hydrogens (tertiary/aromatic N) is 1. The van der Waals surface area contributed by atoms with Crippen molar-refractivity contribution in [2.45, 2.75) is 31.7 Å². The molecule has 1 unspecified atom stereocenters. The lowest BCUT2D eigenvalue weighted by Crippen LogP contribution is -2.43. The predicted molar refractivity (Wildman–Crippen MR) is 116 cm³/mol. The summed E-state index contributed by atoms with van der Waals surface area (Å²) in [6.07, 6.45) is 4.25. The van der Waals surface area contributed by atoms with E-state index in [0.717, 1.165) is 43.5 Å². The molecule has 2 aliphatic rings. The largest absolute Gasteiger partial charge is 0.497 e. The number of benzene rings is 2. The highest BCUT2D eigenvalue weighted by atomic mass is 16.7. The Morgan fingerprint density at radius 3 is 2.68 bits per heavy atom. The first-order valence-corrected chi connectivity index (χ1v) is 10.5. The van der Waals surface area contributed by atoms with E-state index < -0.39 is 6.03 Å². The zero-order chi connectivity index (χ0) is 21.6. The number of carbonyl (C=O) groups is 2. The number of carbonyl (C=O) groups excluding carboxylic acids is 2. The Morgan fingerprint density at radius 2 is 1.87 bits per heavy atom. The van der Waals surface area contributed by atoms with Gasteiger partial charge < -0.3 is 19.5 Å². The predicted octanol–water partition coefficient (Wildman–Crippen LogP) is 3.69. The number of hydrogen-bond acceptors (Lipinski definition) is 6. The fraction of sp³-hybridized carbons (Fsp3) is 0.391. The molecule has 8 nitrogen and oxygen atoms in total. The quantitative estimate of drug-likeness (QED) is 0.760. The first kappa shape index (κ1) is 21.0. The number of rotatable bonds is 5. The van der Waals surface area contributed by atoms with Crippen molar-refractivity contribution in [2.24, 2.45) is 0 Å². The van der Waals surface area contributed by atoms with Crippen LogP contribution in [0.25, 0.3) is 0 Å². The number of methoxy groups -OCH3 is 1. The summed E-state index contributed by atoms with van der Waals surface area (Å²) in [6, 6.07) is 12.6. The highest BCUT2D eigenvalue weighted by Crippen LogP contribution is 2.34. The molecule has 1 fully saturated rings. The van der Waals surface area contributed by atoms with E-state index in [1.807, 2.05) is 24.3 Å². The number of hydrogen-bond donors (Lipinski definition) is 2. The van der Waals surface area contributed by atoms with Crippen molar-refractivity contribution in [3.8, 4) is 17.2 Å². The monoisotopic (exact) mass is 425 g/mol. The second-order valence-electron chi connectivity index (χ2n) is 7.68. The van der Waals surface area contributed by atoms with Gasteiger partial charge in [-0.3, -0.25) is 15.0 Å². The first-order valence-electron chi connectivity index (χ1n) is 10.5. The molecule has 0 spiro atoms. The summed E-state index contributed by atoms with van der Waals surface area (Å²) in [4.78, 5) is 27.1. The maximum absolute atomic E-state index is 12.6. The normalized spacial score (nSPS) is 18.2. The third-order valence-corrected chi connectivity index (χ3v) is 5.59. The molecule has 0 aliphatic carbocycles. The molecule has 8 heteroatoms. The summed E-state index contributed by atoms with van der Waals surface area (Å²) in [7, 11) is 1.64. The molecule has 0 radical (unpaired) electrons. The summed E-state index contributed by atoms with van der Waals surface area (Å²) in [6.45, 7) is 1.13. The molecular formula is C23H27N3O5. The van der Waals surface area contributed by atoms with Crippen molar-refractivity contribution >= 4 is 17.6 Å². The smallest absolute Gasteiger partial charge is 0.325 e. The summed E-state index contributed by atoms with van der Waals surface area (Å²) < 4.78 is 15.8. The molecule has 2 aliphatic heterocycles. The maximum Gasteiger partial charge on any atom is 0.325 e. The third-order valence-electron chi connectivity index (χ3n) is 5.59. The Balaban J connectivity index is 1.36. The van der Waals surface area contributed by atoms with Crippen LogP contribution in [0.3, 0.4) is 0 Å². The molecule has 2 aromatic carbocycles. The highest BCUT2D eigenvalue weighted by Gasteiger charge is 2.25. The van der Waals surface area contributed by atoms with Gasteiger partial charge in [-0.1, -0.05) is 25.0 Å². The van der Waals surface area contributed by atoms with Gasteiger partial charge in [-0.15, -0.1) is 0 Å². The Hall–Kier alpha value is -3.26. The minimum atomic E-state index is -0.570. The standard InChI is InChI=1S/C23H27N3O5/c1-29-18-9-6-16(7-10-18)19-5-3-2-4-12-26(19)14-22(27)25-23(28)24-17-8-11-20-21(13-17)31-15-30-20/h6-11,13,19H,2-5,12,14-15H2,1H3,(H2,24,25,27,28). The summed E-state index contributed by atoms with van der Waals surface area (Å²) in [5, 5.41) is 5.10. The molecule has 1 saturated heterocycles. The number of urea groups is 1. The van der Waals surface area contributed by atoms with Crippen molar-refractivity contribution in [3.63, 3.8) is 0 Å². The van der Waals surface area contributed by atoms with Gasteiger partial charge in [-0.25, -0.2) is 4.79 Å². The molecule has 3 amide bonds. The zero-order valence-corrected chi connectivity index (χ0v) is 17.6. The van der Waals surface area contributed by atoms with Crippen LogP contribution in [0, 0.1) is 0 Å². The first-order chi connectivity index (χ1) is 15.1. The molecule has 2 aromatic rings. The van der Waals surface area contributed by atoms with Crippen LogP contribution in [0.15, 0.2) is 42.5 Å². The minimum absolute atomic E-state index is 0.135. The summed E-state index contributed by atoms with van der Waals surface area (Å²) in [5.74, 6) is 1.67. The van der Waals surface area contributed by atoms with Gasteiger partial charge in [0.15, 0.2) is 11.5 Å². The van der Waals surface area contributed by atoms with Crippen LogP contribution in [0.1, 0.15) is 37.3 Å². The van der Waals surface area contributed by atoms with Gasteiger partial charge in [0.25, 0.3) is 0 Å². The minimum Gasteiger partial charge on any atom is -0.497 e. The SMILES string of the molecule is COc1ccc(C2CCCCCN2CC(=O)NC(=O)Nc2ccc3c(c2)OCO3)cc1. The van der Waals surface area contributed by atoms with Crippen LogP contribution in [0.5, 0.6) is 17.2 Å². The topological polar surface area (TPSA) is 89.1 Å². The summed E-state index contributed by atoms with van der Waals surface area (Å²) in [5.41, 5.74) is 1.68. The van der Waals surface area contributed by atoms with Gasteiger partial charge in [-0.2, -0.15) is 0 Å². The van der Waals surface area contributed by atoms with Crippen LogP contribution < -0.4 is 24.8 Å². The van der Waals surface area contributed by atoms with E-state index in [1.165, 1.54) is 0 Å². The van der Waals surface area contributed by atoms with E-state index in [-0.39, 0.29) is 25.3 Å². The number of ether oxygens (including phenoxy) is 3. The fourth-order valence-electron chi connectivity index (χ4n) is 4.05. The van der Waals surface area contributed by atoms with Crippen molar-refractivity contribution in [2.75, 3.05) is 32.3 Å². The van der Waals surface area contributed by atoms with Crippen LogP contribution in [0.4, 0.5) is 10.5 Å². The second kappa shape index (κ2) is 9.70. The van der Waals surface area contributed by atoms with Crippen molar-refractivity contribution in [1.29, 1.82) is 0 Å². The molecule has 2 N–H and O–H groups in total. The number of amides is 3. The lowest BCUT2D eigenvalue weighted by molar-refractivity contribution is -0.121. The number of nitrogens with one attached hydrogen (secondary N) is 2. The Labute approximate surface area is 181 Å². The molecule has 1 atom stereocenters. The van der Waals surface area contributed by atoms with E-state index in [0.29, 0.717) is 17.2 Å². The van der Waals surface area contributed by atoms with E-state index in [2.05, 4.69) is 15.5 Å². The molecule has 164 valence electrons. The lowest BCUT2D eigenvalue weighted by atomic mass is 10.0.